The van der Waals surface area contributed by atoms with Crippen LogP contribution in [0, 0.1) is 12.8 Å². The summed E-state index contributed by atoms with van der Waals surface area (Å²) in [6, 6.07) is 7.02. The van der Waals surface area contributed by atoms with E-state index in [0.29, 0.717) is 0 Å². The van der Waals surface area contributed by atoms with Crippen molar-refractivity contribution in [2.24, 2.45) is 5.92 Å². The number of nitrogens with zero attached hydrogens (tertiary/aromatic N) is 1. The van der Waals surface area contributed by atoms with E-state index in [4.69, 9.17) is 5.73 Å². The van der Waals surface area contributed by atoms with Crippen LogP contribution in [0.2, 0.25) is 0 Å². The summed E-state index contributed by atoms with van der Waals surface area (Å²) < 4.78 is 0. The van der Waals surface area contributed by atoms with Gasteiger partial charge in [0.2, 0.25) is 0 Å². The van der Waals surface area contributed by atoms with Crippen LogP contribution in [0.3, 0.4) is 0 Å². The van der Waals surface area contributed by atoms with Gasteiger partial charge in [0, 0.05) is 24.0 Å². The van der Waals surface area contributed by atoms with Gasteiger partial charge in [0.1, 0.15) is 0 Å². The molecule has 1 aromatic rings. The van der Waals surface area contributed by atoms with Crippen LogP contribution in [-0.2, 0) is 0 Å². The highest BCUT2D eigenvalue weighted by molar-refractivity contribution is 5.61. The normalized spacial score (nSPS) is 15.3. The van der Waals surface area contributed by atoms with Crippen molar-refractivity contribution in [1.82, 2.24) is 0 Å². The molecule has 0 amide bonds. The van der Waals surface area contributed by atoms with Gasteiger partial charge in [0.05, 0.1) is 0 Å². The molecule has 0 spiro atoms. The number of benzene rings is 1. The van der Waals surface area contributed by atoms with E-state index in [9.17, 15) is 0 Å². The van der Waals surface area contributed by atoms with Crippen molar-refractivity contribution in [3.8, 4) is 0 Å². The van der Waals surface area contributed by atoms with E-state index >= 15 is 0 Å². The van der Waals surface area contributed by atoms with Crippen LogP contribution in [0.25, 0.3) is 0 Å². The molecule has 2 rings (SSSR count). The number of hydrogen-bond acceptors (Lipinski definition) is 2. The summed E-state index contributed by atoms with van der Waals surface area (Å²) in [5.74, 6) is 0.762. The Balaban J connectivity index is 2.16. The average Bonchev–Trinajstić information content (AvgIpc) is 3.07. The van der Waals surface area contributed by atoms with Gasteiger partial charge in [-0.1, -0.05) is 19.9 Å². The molecular formula is C15H24N2. The quantitative estimate of drug-likeness (QED) is 0.786. The lowest BCUT2D eigenvalue weighted by molar-refractivity contribution is 0.570. The fraction of sp³-hybridized carbons (Fsp3) is 0.600. The van der Waals surface area contributed by atoms with E-state index in [-0.39, 0.29) is 0 Å². The maximum absolute atomic E-state index is 5.92. The molecule has 1 fully saturated rings. The maximum Gasteiger partial charge on any atom is 0.0419 e. The predicted molar refractivity (Wildman–Crippen MR) is 75.4 cm³/mol. The zero-order valence-corrected chi connectivity index (χ0v) is 11.2. The van der Waals surface area contributed by atoms with Crippen LogP contribution >= 0.6 is 0 Å². The molecule has 1 aromatic carbocycles. The Bertz CT molecular complexity index is 381. The van der Waals surface area contributed by atoms with Gasteiger partial charge in [-0.05, 0) is 49.8 Å². The van der Waals surface area contributed by atoms with Gasteiger partial charge < -0.3 is 10.6 Å². The second-order valence-corrected chi connectivity index (χ2v) is 5.65. The lowest BCUT2D eigenvalue weighted by Crippen LogP contribution is -2.28. The summed E-state index contributed by atoms with van der Waals surface area (Å²) in [5, 5.41) is 0. The van der Waals surface area contributed by atoms with Crippen LogP contribution in [-0.4, -0.2) is 12.6 Å². The summed E-state index contributed by atoms with van der Waals surface area (Å²) in [7, 11) is 0. The van der Waals surface area contributed by atoms with Crippen molar-refractivity contribution in [1.29, 1.82) is 0 Å². The van der Waals surface area contributed by atoms with E-state index in [1.165, 1.54) is 30.5 Å². The van der Waals surface area contributed by atoms with E-state index in [1.807, 2.05) is 6.07 Å². The third-order valence-corrected chi connectivity index (χ3v) is 3.48. The summed E-state index contributed by atoms with van der Waals surface area (Å²) >= 11 is 0. The van der Waals surface area contributed by atoms with Gasteiger partial charge >= 0.3 is 0 Å². The molecule has 0 radical (unpaired) electrons. The fourth-order valence-corrected chi connectivity index (χ4v) is 2.22. The van der Waals surface area contributed by atoms with Crippen molar-refractivity contribution in [2.75, 3.05) is 17.2 Å². The summed E-state index contributed by atoms with van der Waals surface area (Å²) in [4.78, 5) is 2.56. The van der Waals surface area contributed by atoms with Crippen LogP contribution in [0.5, 0.6) is 0 Å². The molecule has 94 valence electrons. The lowest BCUT2D eigenvalue weighted by atomic mass is 10.1. The molecule has 0 aromatic heterocycles. The van der Waals surface area contributed by atoms with Crippen molar-refractivity contribution in [3.05, 3.63) is 23.8 Å². The minimum absolute atomic E-state index is 0.759. The Kier molecular flexibility index (Phi) is 3.60. The second-order valence-electron chi connectivity index (χ2n) is 5.65. The highest BCUT2D eigenvalue weighted by atomic mass is 15.2. The van der Waals surface area contributed by atoms with Crippen molar-refractivity contribution in [3.63, 3.8) is 0 Å². The zero-order valence-electron chi connectivity index (χ0n) is 11.2. The molecule has 2 heteroatoms. The first kappa shape index (κ1) is 12.3. The van der Waals surface area contributed by atoms with E-state index in [0.717, 1.165) is 24.2 Å². The molecular weight excluding hydrogens is 208 g/mol. The molecule has 0 bridgehead atoms. The largest absolute Gasteiger partial charge is 0.399 e. The molecule has 1 aliphatic rings. The van der Waals surface area contributed by atoms with Gasteiger partial charge in [0.25, 0.3) is 0 Å². The van der Waals surface area contributed by atoms with E-state index in [2.05, 4.69) is 37.8 Å². The minimum Gasteiger partial charge on any atom is -0.399 e. The Hall–Kier alpha value is -1.18. The minimum atomic E-state index is 0.759. The smallest absolute Gasteiger partial charge is 0.0419 e. The van der Waals surface area contributed by atoms with Crippen LogP contribution in [0.4, 0.5) is 11.4 Å². The number of hydrogen-bond donors (Lipinski definition) is 1. The SMILES string of the molecule is Cc1ccc(N)cc1N(CCC(C)C)C1CC1. The molecule has 1 saturated carbocycles. The maximum atomic E-state index is 5.92. The molecule has 2 nitrogen and oxygen atoms in total. The summed E-state index contributed by atoms with van der Waals surface area (Å²) in [6.07, 6.45) is 3.93. The molecule has 17 heavy (non-hydrogen) atoms. The number of nitrogens with two attached hydrogens (primary N) is 1. The number of nitrogen functional groups attached to an aromatic ring is 1. The van der Waals surface area contributed by atoms with Gasteiger partial charge in [-0.15, -0.1) is 0 Å². The number of rotatable bonds is 5. The highest BCUT2D eigenvalue weighted by Crippen LogP contribution is 2.34. The molecule has 1 aliphatic carbocycles. The van der Waals surface area contributed by atoms with Gasteiger partial charge in [-0.3, -0.25) is 0 Å². The first-order valence-electron chi connectivity index (χ1n) is 6.70. The Morgan fingerprint density at radius 1 is 1.35 bits per heavy atom. The monoisotopic (exact) mass is 232 g/mol. The first-order valence-corrected chi connectivity index (χ1v) is 6.70. The Morgan fingerprint density at radius 3 is 2.65 bits per heavy atom. The third kappa shape index (κ3) is 3.15. The van der Waals surface area contributed by atoms with Crippen LogP contribution in [0.1, 0.15) is 38.7 Å². The number of anilines is 2. The number of aryl methyl sites for hydroxylation is 1. The Labute approximate surface area is 105 Å². The van der Waals surface area contributed by atoms with E-state index in [1.54, 1.807) is 0 Å². The second kappa shape index (κ2) is 4.99. The van der Waals surface area contributed by atoms with Crippen LogP contribution in [0.15, 0.2) is 18.2 Å². The molecule has 0 saturated heterocycles. The van der Waals surface area contributed by atoms with Gasteiger partial charge in [-0.25, -0.2) is 0 Å². The van der Waals surface area contributed by atoms with Gasteiger partial charge in [-0.2, -0.15) is 0 Å². The lowest BCUT2D eigenvalue weighted by Gasteiger charge is -2.27. The van der Waals surface area contributed by atoms with Crippen LogP contribution < -0.4 is 10.6 Å². The highest BCUT2D eigenvalue weighted by Gasteiger charge is 2.29. The van der Waals surface area contributed by atoms with E-state index < -0.39 is 0 Å². The molecule has 0 atom stereocenters. The average molecular weight is 232 g/mol. The van der Waals surface area contributed by atoms with Crippen molar-refractivity contribution >= 4 is 11.4 Å². The zero-order chi connectivity index (χ0) is 12.4. The molecule has 0 aliphatic heterocycles. The topological polar surface area (TPSA) is 29.3 Å². The summed E-state index contributed by atoms with van der Waals surface area (Å²) in [5.41, 5.74) is 9.47. The predicted octanol–water partition coefficient (Wildman–Crippen LogP) is 3.59. The first-order chi connectivity index (χ1) is 8.08. The van der Waals surface area contributed by atoms with Crippen molar-refractivity contribution in [2.45, 2.75) is 46.1 Å². The fourth-order valence-electron chi connectivity index (χ4n) is 2.22. The van der Waals surface area contributed by atoms with Gasteiger partial charge in [0.15, 0.2) is 0 Å². The molecule has 0 unspecified atom stereocenters. The standard InChI is InChI=1S/C15H24N2/c1-11(2)8-9-17(14-6-7-14)15-10-13(16)5-4-12(15)3/h4-5,10-11,14H,6-9,16H2,1-3H3. The Morgan fingerprint density at radius 2 is 2.06 bits per heavy atom. The summed E-state index contributed by atoms with van der Waals surface area (Å²) in [6.45, 7) is 7.92. The van der Waals surface area contributed by atoms with Crippen molar-refractivity contribution < 1.29 is 0 Å². The third-order valence-electron chi connectivity index (χ3n) is 3.48. The molecule has 2 N–H and O–H groups in total. The molecule has 0 heterocycles.